The molecule has 0 aliphatic carbocycles. The molecule has 4 rings (SSSR count). The van der Waals surface area contributed by atoms with Crippen LogP contribution in [0.25, 0.3) is 6.08 Å². The number of aromatic nitrogens is 1. The monoisotopic (exact) mass is 389 g/mol. The predicted octanol–water partition coefficient (Wildman–Crippen LogP) is 4.76. The lowest BCUT2D eigenvalue weighted by Gasteiger charge is -2.14. The van der Waals surface area contributed by atoms with Gasteiger partial charge in [-0.1, -0.05) is 42.5 Å². The van der Waals surface area contributed by atoms with Crippen LogP contribution in [0, 0.1) is 0 Å². The van der Waals surface area contributed by atoms with Crippen LogP contribution in [0.1, 0.15) is 25.0 Å². The highest BCUT2D eigenvalue weighted by molar-refractivity contribution is 7.14. The second-order valence-corrected chi connectivity index (χ2v) is 7.39. The Bertz CT molecular complexity index is 1020. The van der Waals surface area contributed by atoms with E-state index in [4.69, 9.17) is 4.74 Å². The highest BCUT2D eigenvalue weighted by Crippen LogP contribution is 2.29. The number of amides is 1. The molecule has 0 bridgehead atoms. The van der Waals surface area contributed by atoms with E-state index in [0.29, 0.717) is 16.7 Å². The molecule has 0 atom stereocenters. The van der Waals surface area contributed by atoms with Gasteiger partial charge in [0.1, 0.15) is 17.3 Å². The van der Waals surface area contributed by atoms with Gasteiger partial charge < -0.3 is 4.74 Å². The Hall–Kier alpha value is -3.25. The smallest absolute Gasteiger partial charge is 0.284 e. The summed E-state index contributed by atoms with van der Waals surface area (Å²) in [4.78, 5) is 23.6. The minimum absolute atomic E-state index is 0.116. The maximum atomic E-state index is 13.1. The van der Waals surface area contributed by atoms with Gasteiger partial charge in [-0.15, -0.1) is 11.3 Å². The van der Waals surface area contributed by atoms with Crippen molar-refractivity contribution < 1.29 is 9.53 Å². The van der Waals surface area contributed by atoms with Crippen LogP contribution in [-0.4, -0.2) is 22.8 Å². The SMILES string of the molecule is CC(C)Oc1ccc(C=C2N=C(c3ccccc3)N(c3nccs3)C2=O)cc1. The molecule has 28 heavy (non-hydrogen) atoms. The van der Waals surface area contributed by atoms with Gasteiger partial charge in [0.25, 0.3) is 5.91 Å². The number of rotatable bonds is 5. The molecule has 0 saturated carbocycles. The molecule has 1 amide bonds. The number of aliphatic imine (C=N–C) groups is 1. The number of hydrogen-bond donors (Lipinski definition) is 0. The molecule has 3 aromatic rings. The summed E-state index contributed by atoms with van der Waals surface area (Å²) in [5.41, 5.74) is 2.14. The first-order chi connectivity index (χ1) is 13.6. The lowest BCUT2D eigenvalue weighted by molar-refractivity contribution is -0.113. The van der Waals surface area contributed by atoms with E-state index in [9.17, 15) is 4.79 Å². The van der Waals surface area contributed by atoms with Crippen LogP contribution in [0.3, 0.4) is 0 Å². The highest BCUT2D eigenvalue weighted by atomic mass is 32.1. The quantitative estimate of drug-likeness (QED) is 0.591. The second kappa shape index (κ2) is 7.78. The predicted molar refractivity (Wildman–Crippen MR) is 113 cm³/mol. The van der Waals surface area contributed by atoms with Crippen LogP contribution in [0.15, 0.2) is 76.9 Å². The summed E-state index contributed by atoms with van der Waals surface area (Å²) in [6, 6.07) is 17.3. The molecule has 1 aliphatic rings. The van der Waals surface area contributed by atoms with Crippen molar-refractivity contribution in [3.8, 4) is 5.75 Å². The zero-order chi connectivity index (χ0) is 19.5. The van der Waals surface area contributed by atoms with Crippen molar-refractivity contribution in [2.45, 2.75) is 20.0 Å². The molecule has 0 N–H and O–H groups in total. The minimum Gasteiger partial charge on any atom is -0.491 e. The van der Waals surface area contributed by atoms with Crippen LogP contribution in [0.4, 0.5) is 5.13 Å². The number of hydrogen-bond acceptors (Lipinski definition) is 5. The summed E-state index contributed by atoms with van der Waals surface area (Å²) < 4.78 is 5.67. The Morgan fingerprint density at radius 1 is 1.07 bits per heavy atom. The first kappa shape index (κ1) is 18.1. The van der Waals surface area contributed by atoms with Crippen molar-refractivity contribution in [1.82, 2.24) is 4.98 Å². The van der Waals surface area contributed by atoms with E-state index in [1.165, 1.54) is 11.3 Å². The zero-order valence-electron chi connectivity index (χ0n) is 15.6. The van der Waals surface area contributed by atoms with Gasteiger partial charge in [0.15, 0.2) is 5.13 Å². The summed E-state index contributed by atoms with van der Waals surface area (Å²) >= 11 is 1.41. The molecule has 0 spiro atoms. The third-order valence-corrected chi connectivity index (χ3v) is 4.81. The lowest BCUT2D eigenvalue weighted by atomic mass is 10.2. The fourth-order valence-electron chi connectivity index (χ4n) is 2.87. The Labute approximate surface area is 167 Å². The highest BCUT2D eigenvalue weighted by Gasteiger charge is 2.33. The number of benzene rings is 2. The van der Waals surface area contributed by atoms with Gasteiger partial charge >= 0.3 is 0 Å². The molecule has 2 heterocycles. The van der Waals surface area contributed by atoms with Crippen molar-refractivity contribution in [2.75, 3.05) is 4.90 Å². The van der Waals surface area contributed by atoms with Gasteiger partial charge in [0.05, 0.1) is 6.10 Å². The number of anilines is 1. The summed E-state index contributed by atoms with van der Waals surface area (Å²) in [5, 5.41) is 2.46. The Kier molecular flexibility index (Phi) is 5.04. The number of carbonyl (C=O) groups excluding carboxylic acids is 1. The van der Waals surface area contributed by atoms with Crippen molar-refractivity contribution >= 4 is 34.3 Å². The second-order valence-electron chi connectivity index (χ2n) is 6.52. The molecule has 140 valence electrons. The molecule has 1 aliphatic heterocycles. The number of ether oxygens (including phenoxy) is 1. The Morgan fingerprint density at radius 3 is 2.46 bits per heavy atom. The molecule has 1 aromatic heterocycles. The van der Waals surface area contributed by atoms with E-state index in [1.807, 2.05) is 73.8 Å². The lowest BCUT2D eigenvalue weighted by Crippen LogP contribution is -2.32. The molecule has 2 aromatic carbocycles. The average molecular weight is 389 g/mol. The zero-order valence-corrected chi connectivity index (χ0v) is 16.4. The fraction of sp³-hybridized carbons (Fsp3) is 0.136. The summed E-state index contributed by atoms with van der Waals surface area (Å²) in [5.74, 6) is 1.20. The van der Waals surface area contributed by atoms with Gasteiger partial charge in [-0.25, -0.2) is 14.9 Å². The first-order valence-corrected chi connectivity index (χ1v) is 9.86. The topological polar surface area (TPSA) is 54.8 Å². The van der Waals surface area contributed by atoms with E-state index in [-0.39, 0.29) is 12.0 Å². The van der Waals surface area contributed by atoms with E-state index >= 15 is 0 Å². The molecular weight excluding hydrogens is 370 g/mol. The molecule has 5 nitrogen and oxygen atoms in total. The Morgan fingerprint density at radius 2 is 1.82 bits per heavy atom. The van der Waals surface area contributed by atoms with Crippen LogP contribution in [0.5, 0.6) is 5.75 Å². The molecule has 6 heteroatoms. The largest absolute Gasteiger partial charge is 0.491 e. The third kappa shape index (κ3) is 3.73. The number of carbonyl (C=O) groups is 1. The van der Waals surface area contributed by atoms with Gasteiger partial charge in [0.2, 0.25) is 0 Å². The van der Waals surface area contributed by atoms with Crippen molar-refractivity contribution in [3.05, 3.63) is 83.0 Å². The van der Waals surface area contributed by atoms with E-state index < -0.39 is 0 Å². The van der Waals surface area contributed by atoms with Crippen molar-refractivity contribution in [3.63, 3.8) is 0 Å². The molecule has 0 saturated heterocycles. The van der Waals surface area contributed by atoms with Gasteiger partial charge in [-0.05, 0) is 37.6 Å². The van der Waals surface area contributed by atoms with Crippen LogP contribution in [0.2, 0.25) is 0 Å². The first-order valence-electron chi connectivity index (χ1n) is 8.98. The molecule has 0 radical (unpaired) electrons. The minimum atomic E-state index is -0.184. The van der Waals surface area contributed by atoms with Crippen LogP contribution in [-0.2, 0) is 4.79 Å². The van der Waals surface area contributed by atoms with Gasteiger partial charge in [-0.2, -0.15) is 0 Å². The average Bonchev–Trinajstić information content (AvgIpc) is 3.32. The van der Waals surface area contributed by atoms with E-state index in [0.717, 1.165) is 16.9 Å². The molecule has 0 unspecified atom stereocenters. The maximum absolute atomic E-state index is 13.1. The normalized spacial score (nSPS) is 15.4. The maximum Gasteiger partial charge on any atom is 0.284 e. The third-order valence-electron chi connectivity index (χ3n) is 4.06. The summed E-state index contributed by atoms with van der Waals surface area (Å²) in [6.45, 7) is 3.97. The van der Waals surface area contributed by atoms with E-state index in [1.54, 1.807) is 17.2 Å². The molecular formula is C22H19N3O2S. The number of nitrogens with zero attached hydrogens (tertiary/aromatic N) is 3. The summed E-state index contributed by atoms with van der Waals surface area (Å²) in [7, 11) is 0. The number of thiazole rings is 1. The Balaban J connectivity index is 1.70. The summed E-state index contributed by atoms with van der Waals surface area (Å²) in [6.07, 6.45) is 3.59. The van der Waals surface area contributed by atoms with Gasteiger partial charge in [-0.3, -0.25) is 4.79 Å². The van der Waals surface area contributed by atoms with Crippen LogP contribution >= 0.6 is 11.3 Å². The standard InChI is InChI=1S/C22H19N3O2S/c1-15(2)27-18-10-8-16(9-11-18)14-19-21(26)25(22-23-12-13-28-22)20(24-19)17-6-4-3-5-7-17/h3-15H,1-2H3. The fourth-order valence-corrected chi connectivity index (χ4v) is 3.51. The van der Waals surface area contributed by atoms with Crippen molar-refractivity contribution in [2.24, 2.45) is 4.99 Å². The molecule has 0 fully saturated rings. The number of amidine groups is 1. The van der Waals surface area contributed by atoms with Crippen LogP contribution < -0.4 is 9.64 Å². The van der Waals surface area contributed by atoms with Crippen molar-refractivity contribution in [1.29, 1.82) is 0 Å². The van der Waals surface area contributed by atoms with E-state index in [2.05, 4.69) is 9.98 Å². The van der Waals surface area contributed by atoms with Gasteiger partial charge in [0, 0.05) is 17.1 Å².